The first-order valence-corrected chi connectivity index (χ1v) is 12.3. The van der Waals surface area contributed by atoms with Crippen molar-refractivity contribution in [3.8, 4) is 0 Å². The third-order valence-corrected chi connectivity index (χ3v) is 7.37. The smallest absolute Gasteiger partial charge is 0.243 e. The SMILES string of the molecule is CCNC(=O)[C@H](C)N(Cc1ccc(F)cc1)C(=O)CN(C)S(=O)(=O)c1ccc2ccccc2c1. The summed E-state index contributed by atoms with van der Waals surface area (Å²) >= 11 is 0. The Morgan fingerprint density at radius 1 is 1.00 bits per heavy atom. The molecule has 180 valence electrons. The Kier molecular flexibility index (Phi) is 8.01. The van der Waals surface area contributed by atoms with E-state index in [0.717, 1.165) is 15.1 Å². The second-order valence-electron chi connectivity index (χ2n) is 7.99. The number of fused-ring (bicyclic) bond motifs is 1. The van der Waals surface area contributed by atoms with E-state index in [4.69, 9.17) is 0 Å². The van der Waals surface area contributed by atoms with E-state index in [1.54, 1.807) is 26.0 Å². The summed E-state index contributed by atoms with van der Waals surface area (Å²) in [6, 6.07) is 16.9. The minimum Gasteiger partial charge on any atom is -0.355 e. The lowest BCUT2D eigenvalue weighted by molar-refractivity contribution is -0.140. The molecule has 0 aliphatic heterocycles. The van der Waals surface area contributed by atoms with E-state index in [0.29, 0.717) is 12.1 Å². The standard InChI is InChI=1S/C25H28FN3O4S/c1-4-27-25(31)18(2)29(16-19-9-12-22(26)13-10-19)24(30)17-28(3)34(32,33)23-14-11-20-7-5-6-8-21(20)15-23/h5-15,18H,4,16-17H2,1-3H3,(H,27,31)/t18-/m0/s1. The molecular formula is C25H28FN3O4S. The first-order valence-electron chi connectivity index (χ1n) is 10.9. The highest BCUT2D eigenvalue weighted by atomic mass is 32.2. The van der Waals surface area contributed by atoms with Gasteiger partial charge in [-0.2, -0.15) is 4.31 Å². The summed E-state index contributed by atoms with van der Waals surface area (Å²) in [5, 5.41) is 4.35. The lowest BCUT2D eigenvalue weighted by atomic mass is 10.1. The maximum Gasteiger partial charge on any atom is 0.243 e. The van der Waals surface area contributed by atoms with Crippen LogP contribution in [0, 0.1) is 5.82 Å². The molecular weight excluding hydrogens is 457 g/mol. The number of nitrogens with zero attached hydrogens (tertiary/aromatic N) is 2. The van der Waals surface area contributed by atoms with Crippen molar-refractivity contribution in [2.45, 2.75) is 31.3 Å². The fourth-order valence-corrected chi connectivity index (χ4v) is 4.72. The maximum absolute atomic E-state index is 13.3. The van der Waals surface area contributed by atoms with Gasteiger partial charge in [0.15, 0.2) is 0 Å². The minimum absolute atomic E-state index is 0.0290. The summed E-state index contributed by atoms with van der Waals surface area (Å²) in [4.78, 5) is 27.1. The van der Waals surface area contributed by atoms with Crippen LogP contribution in [0.4, 0.5) is 4.39 Å². The molecule has 3 aromatic rings. The van der Waals surface area contributed by atoms with Gasteiger partial charge in [-0.3, -0.25) is 9.59 Å². The zero-order valence-corrected chi connectivity index (χ0v) is 20.2. The monoisotopic (exact) mass is 485 g/mol. The van der Waals surface area contributed by atoms with Crippen molar-refractivity contribution in [1.29, 1.82) is 0 Å². The predicted molar refractivity (Wildman–Crippen MR) is 129 cm³/mol. The number of rotatable bonds is 9. The highest BCUT2D eigenvalue weighted by Crippen LogP contribution is 2.21. The minimum atomic E-state index is -3.96. The number of amides is 2. The molecule has 7 nitrogen and oxygen atoms in total. The Morgan fingerprint density at radius 2 is 1.65 bits per heavy atom. The number of hydrogen-bond donors (Lipinski definition) is 1. The summed E-state index contributed by atoms with van der Waals surface area (Å²) < 4.78 is 40.6. The first-order chi connectivity index (χ1) is 16.1. The number of sulfonamides is 1. The van der Waals surface area contributed by atoms with Crippen LogP contribution in [0.25, 0.3) is 10.8 Å². The molecule has 0 fully saturated rings. The molecule has 0 bridgehead atoms. The Balaban J connectivity index is 1.84. The largest absolute Gasteiger partial charge is 0.355 e. The van der Waals surface area contributed by atoms with Crippen LogP contribution in [0.3, 0.4) is 0 Å². The number of halogens is 1. The molecule has 0 aromatic heterocycles. The van der Waals surface area contributed by atoms with Gasteiger partial charge in [0.1, 0.15) is 11.9 Å². The van der Waals surface area contributed by atoms with Gasteiger partial charge in [-0.1, -0.05) is 42.5 Å². The van der Waals surface area contributed by atoms with Crippen LogP contribution < -0.4 is 5.32 Å². The van der Waals surface area contributed by atoms with Crippen molar-refractivity contribution < 1.29 is 22.4 Å². The second kappa shape index (κ2) is 10.8. The average Bonchev–Trinajstić information content (AvgIpc) is 2.82. The van der Waals surface area contributed by atoms with Crippen LogP contribution in [0.15, 0.2) is 71.6 Å². The topological polar surface area (TPSA) is 86.8 Å². The van der Waals surface area contributed by atoms with Crippen molar-refractivity contribution in [2.75, 3.05) is 20.1 Å². The highest BCUT2D eigenvalue weighted by Gasteiger charge is 2.30. The Labute approximate surface area is 199 Å². The third kappa shape index (κ3) is 5.78. The fraction of sp³-hybridized carbons (Fsp3) is 0.280. The zero-order valence-electron chi connectivity index (χ0n) is 19.4. The van der Waals surface area contributed by atoms with Gasteiger partial charge >= 0.3 is 0 Å². The van der Waals surface area contributed by atoms with Gasteiger partial charge in [0.05, 0.1) is 11.4 Å². The van der Waals surface area contributed by atoms with Gasteiger partial charge in [0.25, 0.3) is 0 Å². The maximum atomic E-state index is 13.3. The zero-order chi connectivity index (χ0) is 24.9. The van der Waals surface area contributed by atoms with Crippen LogP contribution in [-0.2, 0) is 26.2 Å². The molecule has 0 radical (unpaired) electrons. The lowest BCUT2D eigenvalue weighted by Crippen LogP contribution is -2.50. The van der Waals surface area contributed by atoms with Gasteiger partial charge in [-0.15, -0.1) is 0 Å². The normalized spacial score (nSPS) is 12.5. The van der Waals surface area contributed by atoms with E-state index in [1.165, 1.54) is 42.3 Å². The quantitative estimate of drug-likeness (QED) is 0.505. The van der Waals surface area contributed by atoms with Crippen LogP contribution in [0.5, 0.6) is 0 Å². The number of benzene rings is 3. The van der Waals surface area contributed by atoms with Crippen LogP contribution in [0.2, 0.25) is 0 Å². The van der Waals surface area contributed by atoms with Gasteiger partial charge in [0.2, 0.25) is 21.8 Å². The molecule has 0 aliphatic carbocycles. The summed E-state index contributed by atoms with van der Waals surface area (Å²) in [5.74, 6) is -1.33. The lowest BCUT2D eigenvalue weighted by Gasteiger charge is -2.30. The first kappa shape index (κ1) is 25.3. The van der Waals surface area contributed by atoms with Crippen molar-refractivity contribution >= 4 is 32.6 Å². The molecule has 3 rings (SSSR count). The van der Waals surface area contributed by atoms with Gasteiger partial charge in [-0.05, 0) is 54.4 Å². The molecule has 0 saturated carbocycles. The van der Waals surface area contributed by atoms with Gasteiger partial charge in [0, 0.05) is 20.1 Å². The Morgan fingerprint density at radius 3 is 2.29 bits per heavy atom. The van der Waals surface area contributed by atoms with E-state index >= 15 is 0 Å². The van der Waals surface area contributed by atoms with Crippen molar-refractivity contribution in [3.05, 3.63) is 78.1 Å². The number of likely N-dealkylation sites (N-methyl/N-ethyl adjacent to an activating group) is 2. The summed E-state index contributed by atoms with van der Waals surface area (Å²) in [6.45, 7) is 3.30. The molecule has 0 heterocycles. The van der Waals surface area contributed by atoms with Gasteiger partial charge < -0.3 is 10.2 Å². The average molecular weight is 486 g/mol. The van der Waals surface area contributed by atoms with Crippen molar-refractivity contribution in [2.24, 2.45) is 0 Å². The molecule has 0 spiro atoms. The molecule has 0 aliphatic rings. The van der Waals surface area contributed by atoms with E-state index in [1.807, 2.05) is 24.3 Å². The molecule has 1 atom stereocenters. The number of nitrogens with one attached hydrogen (secondary N) is 1. The Bertz CT molecular complexity index is 1280. The number of carbonyl (C=O) groups is 2. The van der Waals surface area contributed by atoms with E-state index in [9.17, 15) is 22.4 Å². The van der Waals surface area contributed by atoms with E-state index in [-0.39, 0.29) is 17.3 Å². The molecule has 2 amide bonds. The van der Waals surface area contributed by atoms with Crippen LogP contribution in [0.1, 0.15) is 19.4 Å². The summed E-state index contributed by atoms with van der Waals surface area (Å²) in [5.41, 5.74) is 0.617. The molecule has 1 N–H and O–H groups in total. The van der Waals surface area contributed by atoms with Crippen LogP contribution in [-0.4, -0.2) is 55.6 Å². The van der Waals surface area contributed by atoms with Crippen molar-refractivity contribution in [3.63, 3.8) is 0 Å². The number of hydrogen-bond acceptors (Lipinski definition) is 4. The Hall–Kier alpha value is -3.30. The molecule has 0 saturated heterocycles. The number of carbonyl (C=O) groups excluding carboxylic acids is 2. The second-order valence-corrected chi connectivity index (χ2v) is 10.0. The summed E-state index contributed by atoms with van der Waals surface area (Å²) in [7, 11) is -2.63. The van der Waals surface area contributed by atoms with Crippen LogP contribution >= 0.6 is 0 Å². The molecule has 0 unspecified atom stereocenters. The molecule has 3 aromatic carbocycles. The highest BCUT2D eigenvalue weighted by molar-refractivity contribution is 7.89. The molecule has 9 heteroatoms. The van der Waals surface area contributed by atoms with E-state index < -0.39 is 34.3 Å². The van der Waals surface area contributed by atoms with Crippen molar-refractivity contribution in [1.82, 2.24) is 14.5 Å². The van der Waals surface area contributed by atoms with E-state index in [2.05, 4.69) is 5.32 Å². The fourth-order valence-electron chi connectivity index (χ4n) is 3.57. The predicted octanol–water partition coefficient (Wildman–Crippen LogP) is 3.15. The molecule has 34 heavy (non-hydrogen) atoms. The summed E-state index contributed by atoms with van der Waals surface area (Å²) in [6.07, 6.45) is 0. The van der Waals surface area contributed by atoms with Gasteiger partial charge in [-0.25, -0.2) is 12.8 Å². The third-order valence-electron chi connectivity index (χ3n) is 5.57.